The molecule has 112 valence electrons. The Kier molecular flexibility index (Phi) is 5.00. The summed E-state index contributed by atoms with van der Waals surface area (Å²) >= 11 is 0. The molecule has 1 aromatic rings. The van der Waals surface area contributed by atoms with Gasteiger partial charge in [0.15, 0.2) is 0 Å². The first-order chi connectivity index (χ1) is 9.54. The number of nitrogens with two attached hydrogens (primary N) is 1. The number of likely N-dealkylation sites (tertiary alicyclic amines) is 1. The molecular weight excluding hydrogens is 253 g/mol. The minimum atomic E-state index is -0.288. The van der Waals surface area contributed by atoms with E-state index in [0.29, 0.717) is 11.6 Å². The number of benzene rings is 1. The lowest BCUT2D eigenvalue weighted by molar-refractivity contribution is 0.220. The number of anilines is 1. The van der Waals surface area contributed by atoms with Crippen molar-refractivity contribution < 1.29 is 4.39 Å². The highest BCUT2D eigenvalue weighted by Gasteiger charge is 2.24. The van der Waals surface area contributed by atoms with Crippen LogP contribution in [0.4, 0.5) is 10.1 Å². The van der Waals surface area contributed by atoms with Gasteiger partial charge in [-0.2, -0.15) is 0 Å². The van der Waals surface area contributed by atoms with Gasteiger partial charge in [0.2, 0.25) is 0 Å². The van der Waals surface area contributed by atoms with Crippen LogP contribution < -0.4 is 10.6 Å². The molecule has 1 heterocycles. The largest absolute Gasteiger partial charge is 0.371 e. The van der Waals surface area contributed by atoms with Gasteiger partial charge in [-0.1, -0.05) is 13.0 Å². The topological polar surface area (TPSA) is 32.5 Å². The molecule has 20 heavy (non-hydrogen) atoms. The van der Waals surface area contributed by atoms with E-state index < -0.39 is 0 Å². The van der Waals surface area contributed by atoms with Crippen LogP contribution in [0.2, 0.25) is 0 Å². The third-order valence-corrected chi connectivity index (χ3v) is 4.42. The van der Waals surface area contributed by atoms with Gasteiger partial charge in [-0.05, 0) is 38.4 Å². The molecule has 1 aliphatic heterocycles. The van der Waals surface area contributed by atoms with Crippen molar-refractivity contribution in [3.8, 4) is 0 Å². The zero-order valence-electron chi connectivity index (χ0n) is 12.8. The smallest absolute Gasteiger partial charge is 0.130 e. The third kappa shape index (κ3) is 3.13. The van der Waals surface area contributed by atoms with E-state index >= 15 is 0 Å². The van der Waals surface area contributed by atoms with E-state index in [0.717, 1.165) is 38.2 Å². The Hall–Kier alpha value is -1.13. The first-order valence-corrected chi connectivity index (χ1v) is 7.53. The molecule has 0 saturated carbocycles. The number of piperidine rings is 1. The second-order valence-corrected chi connectivity index (χ2v) is 5.74. The van der Waals surface area contributed by atoms with Crippen molar-refractivity contribution in [2.45, 2.75) is 38.8 Å². The quantitative estimate of drug-likeness (QED) is 0.920. The van der Waals surface area contributed by atoms with Crippen LogP contribution in [-0.4, -0.2) is 37.6 Å². The molecule has 0 radical (unpaired) electrons. The number of rotatable bonds is 4. The maximum Gasteiger partial charge on any atom is 0.130 e. The normalized spacial score (nSPS) is 19.1. The molecule has 1 fully saturated rings. The standard InChI is InChI=1S/C16H26FN3/c1-4-20-10-8-13(9-11-20)19(3)15-7-5-6-14(17)16(15)12(2)18/h5-7,12-13H,4,8-11,18H2,1-3H3/t12-/m1/s1. The van der Waals surface area contributed by atoms with Crippen LogP contribution >= 0.6 is 0 Å². The molecule has 0 spiro atoms. The average Bonchev–Trinajstić information content (AvgIpc) is 2.46. The summed E-state index contributed by atoms with van der Waals surface area (Å²) in [5.74, 6) is -0.199. The fourth-order valence-electron chi connectivity index (χ4n) is 3.10. The first kappa shape index (κ1) is 15.3. The van der Waals surface area contributed by atoms with Crippen LogP contribution in [-0.2, 0) is 0 Å². The molecule has 1 aromatic carbocycles. The summed E-state index contributed by atoms with van der Waals surface area (Å²) in [5, 5.41) is 0. The summed E-state index contributed by atoms with van der Waals surface area (Å²) in [4.78, 5) is 4.68. The molecule has 1 saturated heterocycles. The molecule has 3 nitrogen and oxygen atoms in total. The molecule has 1 aliphatic rings. The van der Waals surface area contributed by atoms with Gasteiger partial charge in [0, 0.05) is 43.5 Å². The van der Waals surface area contributed by atoms with E-state index in [4.69, 9.17) is 5.73 Å². The van der Waals surface area contributed by atoms with Crippen LogP contribution in [0.3, 0.4) is 0 Å². The summed E-state index contributed by atoms with van der Waals surface area (Å²) in [6.45, 7) is 7.39. The molecular formula is C16H26FN3. The second kappa shape index (κ2) is 6.55. The first-order valence-electron chi connectivity index (χ1n) is 7.53. The van der Waals surface area contributed by atoms with Crippen LogP contribution in [0.15, 0.2) is 18.2 Å². The molecule has 2 rings (SSSR count). The van der Waals surface area contributed by atoms with Gasteiger partial charge in [-0.25, -0.2) is 4.39 Å². The summed E-state index contributed by atoms with van der Waals surface area (Å²) < 4.78 is 14.0. The molecule has 1 atom stereocenters. The highest BCUT2D eigenvalue weighted by molar-refractivity contribution is 5.55. The zero-order chi connectivity index (χ0) is 14.7. The Labute approximate surface area is 121 Å². The van der Waals surface area contributed by atoms with Gasteiger partial charge in [-0.15, -0.1) is 0 Å². The molecule has 0 amide bonds. The van der Waals surface area contributed by atoms with E-state index in [2.05, 4.69) is 23.8 Å². The Morgan fingerprint density at radius 2 is 2.05 bits per heavy atom. The van der Waals surface area contributed by atoms with Crippen LogP contribution in [0.25, 0.3) is 0 Å². The summed E-state index contributed by atoms with van der Waals surface area (Å²) in [7, 11) is 2.06. The second-order valence-electron chi connectivity index (χ2n) is 5.74. The predicted octanol–water partition coefficient (Wildman–Crippen LogP) is 2.77. The molecule has 0 aromatic heterocycles. The van der Waals surface area contributed by atoms with Crippen molar-refractivity contribution in [3.05, 3.63) is 29.6 Å². The fraction of sp³-hybridized carbons (Fsp3) is 0.625. The van der Waals surface area contributed by atoms with E-state index in [9.17, 15) is 4.39 Å². The Balaban J connectivity index is 2.17. The number of hydrogen-bond donors (Lipinski definition) is 1. The van der Waals surface area contributed by atoms with Crippen molar-refractivity contribution in [1.29, 1.82) is 0 Å². The van der Waals surface area contributed by atoms with Crippen LogP contribution in [0.5, 0.6) is 0 Å². The summed E-state index contributed by atoms with van der Waals surface area (Å²) in [5.41, 5.74) is 7.52. The Morgan fingerprint density at radius 1 is 1.40 bits per heavy atom. The highest BCUT2D eigenvalue weighted by atomic mass is 19.1. The molecule has 4 heteroatoms. The zero-order valence-corrected chi connectivity index (χ0v) is 12.8. The molecule has 0 bridgehead atoms. The van der Waals surface area contributed by atoms with E-state index in [1.54, 1.807) is 6.07 Å². The van der Waals surface area contributed by atoms with Crippen molar-refractivity contribution in [3.63, 3.8) is 0 Å². The Bertz CT molecular complexity index is 439. The minimum absolute atomic E-state index is 0.199. The number of hydrogen-bond acceptors (Lipinski definition) is 3. The number of halogens is 1. The fourth-order valence-corrected chi connectivity index (χ4v) is 3.10. The highest BCUT2D eigenvalue weighted by Crippen LogP contribution is 2.30. The van der Waals surface area contributed by atoms with Crippen molar-refractivity contribution in [2.24, 2.45) is 5.73 Å². The van der Waals surface area contributed by atoms with Crippen LogP contribution in [0.1, 0.15) is 38.3 Å². The van der Waals surface area contributed by atoms with Crippen molar-refractivity contribution in [2.75, 3.05) is 31.6 Å². The van der Waals surface area contributed by atoms with Gasteiger partial charge >= 0.3 is 0 Å². The minimum Gasteiger partial charge on any atom is -0.371 e. The monoisotopic (exact) mass is 279 g/mol. The van der Waals surface area contributed by atoms with Gasteiger partial charge in [0.1, 0.15) is 5.82 Å². The average molecular weight is 279 g/mol. The van der Waals surface area contributed by atoms with E-state index in [1.807, 2.05) is 13.0 Å². The lowest BCUT2D eigenvalue weighted by Crippen LogP contribution is -2.43. The van der Waals surface area contributed by atoms with E-state index in [-0.39, 0.29) is 11.9 Å². The van der Waals surface area contributed by atoms with Crippen molar-refractivity contribution in [1.82, 2.24) is 4.90 Å². The number of nitrogens with zero attached hydrogens (tertiary/aromatic N) is 2. The third-order valence-electron chi connectivity index (χ3n) is 4.42. The van der Waals surface area contributed by atoms with Gasteiger partial charge < -0.3 is 15.5 Å². The summed E-state index contributed by atoms with van der Waals surface area (Å²) in [6, 6.07) is 5.43. The molecule has 2 N–H and O–H groups in total. The predicted molar refractivity (Wildman–Crippen MR) is 82.5 cm³/mol. The summed E-state index contributed by atoms with van der Waals surface area (Å²) in [6.07, 6.45) is 2.25. The van der Waals surface area contributed by atoms with Gasteiger partial charge in [-0.3, -0.25) is 0 Å². The molecule has 0 unspecified atom stereocenters. The Morgan fingerprint density at radius 3 is 2.60 bits per heavy atom. The molecule has 0 aliphatic carbocycles. The maximum absolute atomic E-state index is 14.0. The van der Waals surface area contributed by atoms with Gasteiger partial charge in [0.25, 0.3) is 0 Å². The maximum atomic E-state index is 14.0. The van der Waals surface area contributed by atoms with E-state index in [1.165, 1.54) is 6.07 Å². The van der Waals surface area contributed by atoms with Crippen molar-refractivity contribution >= 4 is 5.69 Å². The van der Waals surface area contributed by atoms with Gasteiger partial charge in [0.05, 0.1) is 0 Å². The van der Waals surface area contributed by atoms with Crippen LogP contribution in [0, 0.1) is 5.82 Å². The SMILES string of the molecule is CCN1CCC(N(C)c2cccc(F)c2[C@@H](C)N)CC1. The lowest BCUT2D eigenvalue weighted by atomic mass is 9.99. The lowest BCUT2D eigenvalue weighted by Gasteiger charge is -2.38.